The average Bonchev–Trinajstić information content (AvgIpc) is 2.56. The number of aryl methyl sites for hydroxylation is 1. The number of likely N-dealkylation sites (tertiary alicyclic amines) is 1. The first-order chi connectivity index (χ1) is 11.6. The summed E-state index contributed by atoms with van der Waals surface area (Å²) in [6.45, 7) is 7.46. The summed E-state index contributed by atoms with van der Waals surface area (Å²) >= 11 is 0. The summed E-state index contributed by atoms with van der Waals surface area (Å²) < 4.78 is 0. The lowest BCUT2D eigenvalue weighted by molar-refractivity contribution is -0.383. The van der Waals surface area contributed by atoms with E-state index in [1.54, 1.807) is 6.07 Å². The number of nitro benzene ring substituents is 1. The van der Waals surface area contributed by atoms with E-state index in [4.69, 9.17) is 0 Å². The molecule has 0 amide bonds. The fraction of sp³-hybridized carbons (Fsp3) is 0.500. The number of benzene rings is 1. The van der Waals surface area contributed by atoms with E-state index >= 15 is 0 Å². The van der Waals surface area contributed by atoms with Crippen LogP contribution in [0.25, 0.3) is 10.9 Å². The molecule has 1 aliphatic rings. The number of non-ortho nitro benzene ring substituents is 1. The van der Waals surface area contributed by atoms with Crippen LogP contribution in [0.5, 0.6) is 0 Å². The van der Waals surface area contributed by atoms with Crippen LogP contribution in [0.2, 0.25) is 0 Å². The second kappa shape index (κ2) is 7.13. The maximum absolute atomic E-state index is 11.3. The highest BCUT2D eigenvalue weighted by atomic mass is 16.6. The summed E-state index contributed by atoms with van der Waals surface area (Å²) in [5, 5.41) is 15.7. The zero-order chi connectivity index (χ0) is 17.1. The van der Waals surface area contributed by atoms with Gasteiger partial charge in [0, 0.05) is 42.0 Å². The van der Waals surface area contributed by atoms with E-state index in [0.29, 0.717) is 11.6 Å². The number of para-hydroxylation sites is 1. The van der Waals surface area contributed by atoms with E-state index in [2.05, 4.69) is 22.1 Å². The summed E-state index contributed by atoms with van der Waals surface area (Å²) in [5.74, 6) is 0. The molecule has 3 rings (SSSR count). The predicted octanol–water partition coefficient (Wildman–Crippen LogP) is 3.74. The van der Waals surface area contributed by atoms with Gasteiger partial charge in [-0.15, -0.1) is 0 Å². The fourth-order valence-corrected chi connectivity index (χ4v) is 3.47. The minimum Gasteiger partial charge on any atom is -0.382 e. The van der Waals surface area contributed by atoms with Crippen LogP contribution in [0.4, 0.5) is 11.4 Å². The standard InChI is InChI=1S/C18H24N4O2/c1-3-9-21-10-7-14(8-11-21)20-16-12-13(2)19-18-15(16)5-4-6-17(18)22(23)24/h4-6,12,14H,3,7-11H2,1-2H3,(H,19,20). The van der Waals surface area contributed by atoms with Gasteiger partial charge in [0.25, 0.3) is 5.69 Å². The monoisotopic (exact) mass is 328 g/mol. The number of nitrogens with zero attached hydrogens (tertiary/aromatic N) is 3. The number of hydrogen-bond donors (Lipinski definition) is 1. The predicted molar refractivity (Wildman–Crippen MR) is 96.5 cm³/mol. The van der Waals surface area contributed by atoms with Crippen molar-refractivity contribution in [3.63, 3.8) is 0 Å². The topological polar surface area (TPSA) is 71.3 Å². The van der Waals surface area contributed by atoms with E-state index in [1.807, 2.05) is 19.1 Å². The molecule has 1 N–H and O–H groups in total. The molecule has 2 aromatic rings. The lowest BCUT2D eigenvalue weighted by Crippen LogP contribution is -2.39. The van der Waals surface area contributed by atoms with Crippen LogP contribution in [0.1, 0.15) is 31.9 Å². The van der Waals surface area contributed by atoms with Crippen LogP contribution in [0.3, 0.4) is 0 Å². The van der Waals surface area contributed by atoms with Crippen LogP contribution in [0, 0.1) is 17.0 Å². The maximum Gasteiger partial charge on any atom is 0.295 e. The van der Waals surface area contributed by atoms with Crippen LogP contribution in [0.15, 0.2) is 24.3 Å². The third-order valence-electron chi connectivity index (χ3n) is 4.63. The van der Waals surface area contributed by atoms with E-state index in [1.165, 1.54) is 12.5 Å². The number of nitro groups is 1. The summed E-state index contributed by atoms with van der Waals surface area (Å²) in [7, 11) is 0. The number of pyridine rings is 1. The van der Waals surface area contributed by atoms with Gasteiger partial charge in [-0.2, -0.15) is 0 Å². The van der Waals surface area contributed by atoms with Crippen molar-refractivity contribution in [3.8, 4) is 0 Å². The SMILES string of the molecule is CCCN1CCC(Nc2cc(C)nc3c([N+](=O)[O-])cccc23)CC1. The quantitative estimate of drug-likeness (QED) is 0.669. The van der Waals surface area contributed by atoms with Crippen LogP contribution in [-0.2, 0) is 0 Å². The molecule has 1 aromatic heterocycles. The van der Waals surface area contributed by atoms with Crippen molar-refractivity contribution in [2.75, 3.05) is 25.0 Å². The highest BCUT2D eigenvalue weighted by molar-refractivity contribution is 5.96. The minimum absolute atomic E-state index is 0.0667. The molecule has 0 atom stereocenters. The molecule has 0 spiro atoms. The Morgan fingerprint density at radius 2 is 2.12 bits per heavy atom. The molecule has 0 bridgehead atoms. The molecule has 0 radical (unpaired) electrons. The molecule has 24 heavy (non-hydrogen) atoms. The van der Waals surface area contributed by atoms with Crippen LogP contribution < -0.4 is 5.32 Å². The zero-order valence-corrected chi connectivity index (χ0v) is 14.3. The van der Waals surface area contributed by atoms with Gasteiger partial charge >= 0.3 is 0 Å². The van der Waals surface area contributed by atoms with Crippen LogP contribution in [-0.4, -0.2) is 40.5 Å². The summed E-state index contributed by atoms with van der Waals surface area (Å²) in [6, 6.07) is 7.55. The van der Waals surface area contributed by atoms with Gasteiger partial charge in [-0.05, 0) is 38.8 Å². The van der Waals surface area contributed by atoms with Gasteiger partial charge in [0.2, 0.25) is 0 Å². The maximum atomic E-state index is 11.3. The molecule has 1 aliphatic heterocycles. The highest BCUT2D eigenvalue weighted by Gasteiger charge is 2.21. The number of rotatable bonds is 5. The van der Waals surface area contributed by atoms with Crippen molar-refractivity contribution in [3.05, 3.63) is 40.1 Å². The Morgan fingerprint density at radius 1 is 1.38 bits per heavy atom. The summed E-state index contributed by atoms with van der Waals surface area (Å²) in [5.41, 5.74) is 2.28. The molecule has 0 aliphatic carbocycles. The van der Waals surface area contributed by atoms with Gasteiger partial charge in [0.15, 0.2) is 5.52 Å². The first-order valence-electron chi connectivity index (χ1n) is 8.62. The van der Waals surface area contributed by atoms with Gasteiger partial charge in [0.1, 0.15) is 0 Å². The number of nitrogens with one attached hydrogen (secondary N) is 1. The molecule has 0 saturated carbocycles. The van der Waals surface area contributed by atoms with E-state index < -0.39 is 0 Å². The van der Waals surface area contributed by atoms with Crippen molar-refractivity contribution in [1.82, 2.24) is 9.88 Å². The van der Waals surface area contributed by atoms with E-state index in [-0.39, 0.29) is 10.6 Å². The Bertz CT molecular complexity index is 739. The first kappa shape index (κ1) is 16.6. The number of anilines is 1. The second-order valence-electron chi connectivity index (χ2n) is 6.50. The Labute approximate surface area is 142 Å². The summed E-state index contributed by atoms with van der Waals surface area (Å²) in [6.07, 6.45) is 3.38. The van der Waals surface area contributed by atoms with Gasteiger partial charge in [0.05, 0.1) is 4.92 Å². The zero-order valence-electron chi connectivity index (χ0n) is 14.3. The van der Waals surface area contributed by atoms with Gasteiger partial charge in [-0.1, -0.05) is 19.1 Å². The third-order valence-corrected chi connectivity index (χ3v) is 4.63. The minimum atomic E-state index is -0.359. The Kier molecular flexibility index (Phi) is 4.94. The van der Waals surface area contributed by atoms with Crippen molar-refractivity contribution in [1.29, 1.82) is 0 Å². The lowest BCUT2D eigenvalue weighted by Gasteiger charge is -2.32. The average molecular weight is 328 g/mol. The largest absolute Gasteiger partial charge is 0.382 e. The highest BCUT2D eigenvalue weighted by Crippen LogP contribution is 2.31. The molecule has 1 saturated heterocycles. The molecule has 0 unspecified atom stereocenters. The molecule has 6 heteroatoms. The molecular formula is C18H24N4O2. The van der Waals surface area contributed by atoms with Gasteiger partial charge in [-0.25, -0.2) is 4.98 Å². The fourth-order valence-electron chi connectivity index (χ4n) is 3.47. The number of fused-ring (bicyclic) bond motifs is 1. The molecule has 1 aromatic carbocycles. The normalized spacial score (nSPS) is 16.4. The molecule has 6 nitrogen and oxygen atoms in total. The van der Waals surface area contributed by atoms with E-state index in [0.717, 1.165) is 49.2 Å². The van der Waals surface area contributed by atoms with Crippen LogP contribution >= 0.6 is 0 Å². The van der Waals surface area contributed by atoms with Crippen molar-refractivity contribution in [2.24, 2.45) is 0 Å². The summed E-state index contributed by atoms with van der Waals surface area (Å²) in [4.78, 5) is 17.8. The third kappa shape index (κ3) is 3.48. The molecule has 1 fully saturated rings. The van der Waals surface area contributed by atoms with E-state index in [9.17, 15) is 10.1 Å². The Morgan fingerprint density at radius 3 is 2.79 bits per heavy atom. The van der Waals surface area contributed by atoms with Gasteiger partial charge < -0.3 is 10.2 Å². The smallest absolute Gasteiger partial charge is 0.295 e. The van der Waals surface area contributed by atoms with Crippen molar-refractivity contribution < 1.29 is 4.92 Å². The first-order valence-corrected chi connectivity index (χ1v) is 8.62. The second-order valence-corrected chi connectivity index (χ2v) is 6.50. The van der Waals surface area contributed by atoms with Crippen molar-refractivity contribution >= 4 is 22.3 Å². The molecular weight excluding hydrogens is 304 g/mol. The lowest BCUT2D eigenvalue weighted by atomic mass is 10.0. The number of piperidine rings is 1. The molecule has 128 valence electrons. The van der Waals surface area contributed by atoms with Crippen molar-refractivity contribution in [2.45, 2.75) is 39.2 Å². The number of hydrogen-bond acceptors (Lipinski definition) is 5. The number of aromatic nitrogens is 1. The Hall–Kier alpha value is -2.21. The Balaban J connectivity index is 1.85. The van der Waals surface area contributed by atoms with Gasteiger partial charge in [-0.3, -0.25) is 10.1 Å². The molecule has 2 heterocycles.